The van der Waals surface area contributed by atoms with Crippen LogP contribution in [0.5, 0.6) is 0 Å². The van der Waals surface area contributed by atoms with Gasteiger partial charge in [-0.3, -0.25) is 9.63 Å². The molecule has 1 amide bonds. The van der Waals surface area contributed by atoms with Crippen LogP contribution < -0.4 is 0 Å². The Morgan fingerprint density at radius 2 is 1.90 bits per heavy atom. The van der Waals surface area contributed by atoms with Gasteiger partial charge < -0.3 is 4.74 Å². The van der Waals surface area contributed by atoms with Crippen molar-refractivity contribution in [2.75, 3.05) is 14.2 Å². The van der Waals surface area contributed by atoms with Gasteiger partial charge in [0.1, 0.15) is 0 Å². The first-order valence-electron chi connectivity index (χ1n) is 6.93. The van der Waals surface area contributed by atoms with Crippen LogP contribution in [0.25, 0.3) is 0 Å². The number of carbonyl (C=O) groups is 1. The van der Waals surface area contributed by atoms with E-state index < -0.39 is 0 Å². The number of carbonyl (C=O) groups excluding carboxylic acids is 1. The summed E-state index contributed by atoms with van der Waals surface area (Å²) in [5.41, 5.74) is 0.928. The fraction of sp³-hybridized carbons (Fsp3) is 0.562. The van der Waals surface area contributed by atoms with Gasteiger partial charge in [0.05, 0.1) is 19.3 Å². The topological polar surface area (TPSA) is 38.8 Å². The second-order valence-electron chi connectivity index (χ2n) is 5.46. The lowest BCUT2D eigenvalue weighted by molar-refractivity contribution is -0.169. The molecule has 0 aliphatic heterocycles. The Morgan fingerprint density at radius 3 is 2.50 bits per heavy atom. The van der Waals surface area contributed by atoms with Crippen molar-refractivity contribution in [3.63, 3.8) is 0 Å². The van der Waals surface area contributed by atoms with Gasteiger partial charge in [-0.15, -0.1) is 0 Å². The molecular weight excluding hydrogens is 254 g/mol. The van der Waals surface area contributed by atoms with Crippen LogP contribution in [0.3, 0.4) is 0 Å². The molecule has 1 aromatic carbocycles. The van der Waals surface area contributed by atoms with Crippen molar-refractivity contribution in [1.82, 2.24) is 5.06 Å². The Hall–Kier alpha value is -1.39. The van der Waals surface area contributed by atoms with Crippen LogP contribution in [0.15, 0.2) is 30.3 Å². The van der Waals surface area contributed by atoms with Gasteiger partial charge in [0, 0.05) is 13.5 Å². The molecule has 0 N–H and O–H groups in total. The first-order valence-corrected chi connectivity index (χ1v) is 6.93. The Morgan fingerprint density at radius 1 is 1.25 bits per heavy atom. The number of hydroxylamine groups is 2. The van der Waals surface area contributed by atoms with Gasteiger partial charge in [-0.1, -0.05) is 30.3 Å². The van der Waals surface area contributed by atoms with Gasteiger partial charge in [-0.05, 0) is 32.3 Å². The Balaban J connectivity index is 2.29. The highest BCUT2D eigenvalue weighted by molar-refractivity contribution is 5.74. The van der Waals surface area contributed by atoms with Crippen LogP contribution in [0, 0.1) is 0 Å². The summed E-state index contributed by atoms with van der Waals surface area (Å²) in [5.74, 6) is -0.00800. The van der Waals surface area contributed by atoms with Gasteiger partial charge >= 0.3 is 0 Å². The number of hydrogen-bond donors (Lipinski definition) is 0. The van der Waals surface area contributed by atoms with Crippen LogP contribution in [-0.2, 0) is 21.0 Å². The van der Waals surface area contributed by atoms with Gasteiger partial charge in [-0.2, -0.15) is 0 Å². The highest BCUT2D eigenvalue weighted by Gasteiger charge is 2.19. The van der Waals surface area contributed by atoms with Crippen molar-refractivity contribution < 1.29 is 14.4 Å². The van der Waals surface area contributed by atoms with Gasteiger partial charge in [0.15, 0.2) is 0 Å². The number of benzene rings is 1. The fourth-order valence-electron chi connectivity index (χ4n) is 1.85. The number of rotatable bonds is 8. The molecule has 0 atom stereocenters. The summed E-state index contributed by atoms with van der Waals surface area (Å²) in [5, 5.41) is 1.26. The van der Waals surface area contributed by atoms with E-state index in [1.165, 1.54) is 12.2 Å². The van der Waals surface area contributed by atoms with Crippen molar-refractivity contribution >= 4 is 5.91 Å². The molecule has 0 spiro atoms. The van der Waals surface area contributed by atoms with Crippen molar-refractivity contribution in [2.45, 2.75) is 45.3 Å². The molecule has 1 aromatic rings. The first kappa shape index (κ1) is 16.7. The zero-order valence-electron chi connectivity index (χ0n) is 12.9. The predicted octanol–water partition coefficient (Wildman–Crippen LogP) is 3.17. The third kappa shape index (κ3) is 6.17. The van der Waals surface area contributed by atoms with Crippen molar-refractivity contribution in [3.8, 4) is 0 Å². The van der Waals surface area contributed by atoms with E-state index in [4.69, 9.17) is 9.57 Å². The van der Waals surface area contributed by atoms with Crippen molar-refractivity contribution in [1.29, 1.82) is 0 Å². The largest absolute Gasteiger partial charge is 0.371 e. The SMILES string of the molecule is CON(C)C(=O)CCCC(C)(C)OCc1ccccc1. The molecule has 4 nitrogen and oxygen atoms in total. The van der Waals surface area contributed by atoms with Crippen molar-refractivity contribution in [2.24, 2.45) is 0 Å². The molecule has 0 aliphatic carbocycles. The second-order valence-corrected chi connectivity index (χ2v) is 5.46. The molecule has 4 heteroatoms. The summed E-state index contributed by atoms with van der Waals surface area (Å²) in [7, 11) is 3.12. The average molecular weight is 279 g/mol. The van der Waals surface area contributed by atoms with E-state index in [0.29, 0.717) is 13.0 Å². The number of amides is 1. The molecule has 112 valence electrons. The molecule has 0 radical (unpaired) electrons. The van der Waals surface area contributed by atoms with Gasteiger partial charge in [-0.25, -0.2) is 5.06 Å². The summed E-state index contributed by atoms with van der Waals surface area (Å²) in [4.78, 5) is 16.5. The van der Waals surface area contributed by atoms with E-state index in [9.17, 15) is 4.79 Å². The zero-order chi connectivity index (χ0) is 15.0. The van der Waals surface area contributed by atoms with Crippen LogP contribution in [-0.4, -0.2) is 30.7 Å². The molecular formula is C16H25NO3. The summed E-state index contributed by atoms with van der Waals surface area (Å²) >= 11 is 0. The highest BCUT2D eigenvalue weighted by Crippen LogP contribution is 2.20. The predicted molar refractivity (Wildman–Crippen MR) is 78.9 cm³/mol. The van der Waals surface area contributed by atoms with Gasteiger partial charge in [0.2, 0.25) is 5.91 Å². The van der Waals surface area contributed by atoms with Crippen LogP contribution in [0.2, 0.25) is 0 Å². The average Bonchev–Trinajstić information content (AvgIpc) is 2.45. The summed E-state index contributed by atoms with van der Waals surface area (Å²) < 4.78 is 5.93. The van der Waals surface area contributed by atoms with Crippen molar-refractivity contribution in [3.05, 3.63) is 35.9 Å². The van der Waals surface area contributed by atoms with E-state index in [1.54, 1.807) is 7.05 Å². The third-order valence-corrected chi connectivity index (χ3v) is 3.27. The standard InChI is InChI=1S/C16H25NO3/c1-16(2,12-8-11-15(18)17(3)19-4)20-13-14-9-6-5-7-10-14/h5-7,9-10H,8,11-13H2,1-4H3. The minimum atomic E-state index is -0.234. The van der Waals surface area contributed by atoms with E-state index in [1.807, 2.05) is 30.3 Å². The molecule has 0 saturated carbocycles. The van der Waals surface area contributed by atoms with Crippen LogP contribution >= 0.6 is 0 Å². The highest BCUT2D eigenvalue weighted by atomic mass is 16.7. The van der Waals surface area contributed by atoms with Crippen LogP contribution in [0.1, 0.15) is 38.7 Å². The molecule has 0 saturated heterocycles. The normalized spacial score (nSPS) is 11.4. The smallest absolute Gasteiger partial charge is 0.245 e. The lowest BCUT2D eigenvalue weighted by Gasteiger charge is -2.25. The molecule has 0 aliphatic rings. The number of hydrogen-bond acceptors (Lipinski definition) is 3. The lowest BCUT2D eigenvalue weighted by atomic mass is 10.0. The molecule has 0 heterocycles. The quantitative estimate of drug-likeness (QED) is 0.686. The maximum absolute atomic E-state index is 11.6. The second kappa shape index (κ2) is 8.02. The maximum atomic E-state index is 11.6. The maximum Gasteiger partial charge on any atom is 0.245 e. The Labute approximate surface area is 121 Å². The van der Waals surface area contributed by atoms with Crippen LogP contribution in [0.4, 0.5) is 0 Å². The molecule has 0 unspecified atom stereocenters. The van der Waals surface area contributed by atoms with Gasteiger partial charge in [0.25, 0.3) is 0 Å². The molecule has 0 fully saturated rings. The third-order valence-electron chi connectivity index (χ3n) is 3.27. The summed E-state index contributed by atoms with van der Waals surface area (Å²) in [6.45, 7) is 4.71. The Bertz CT molecular complexity index is 403. The van der Waals surface area contributed by atoms with E-state index in [-0.39, 0.29) is 11.5 Å². The first-order chi connectivity index (χ1) is 9.44. The molecule has 0 bridgehead atoms. The lowest BCUT2D eigenvalue weighted by Crippen LogP contribution is -2.27. The fourth-order valence-corrected chi connectivity index (χ4v) is 1.85. The molecule has 0 aromatic heterocycles. The minimum absolute atomic E-state index is 0.00800. The summed E-state index contributed by atoms with van der Waals surface area (Å²) in [6.07, 6.45) is 2.10. The van der Waals surface area contributed by atoms with E-state index in [2.05, 4.69) is 13.8 Å². The van der Waals surface area contributed by atoms with E-state index in [0.717, 1.165) is 18.4 Å². The monoisotopic (exact) mass is 279 g/mol. The minimum Gasteiger partial charge on any atom is -0.371 e. The molecule has 1 rings (SSSR count). The molecule has 20 heavy (non-hydrogen) atoms. The number of ether oxygens (including phenoxy) is 1. The zero-order valence-corrected chi connectivity index (χ0v) is 12.9. The Kier molecular flexibility index (Phi) is 6.68. The van der Waals surface area contributed by atoms with E-state index >= 15 is 0 Å². The number of nitrogens with zero attached hydrogens (tertiary/aromatic N) is 1. The summed E-state index contributed by atoms with van der Waals surface area (Å²) in [6, 6.07) is 10.1.